The summed E-state index contributed by atoms with van der Waals surface area (Å²) in [6.07, 6.45) is 0. The first-order chi connectivity index (χ1) is 7.63. The first kappa shape index (κ1) is 12.3. The van der Waals surface area contributed by atoms with E-state index in [1.165, 1.54) is 12.1 Å². The lowest BCUT2D eigenvalue weighted by Crippen LogP contribution is -2.07. The summed E-state index contributed by atoms with van der Waals surface area (Å²) in [4.78, 5) is 0. The second-order valence-corrected chi connectivity index (χ2v) is 3.83. The monoisotopic (exact) mass is 249 g/mol. The number of halogens is 2. The Kier molecular flexibility index (Phi) is 4.15. The van der Waals surface area contributed by atoms with E-state index in [-0.39, 0.29) is 0 Å². The maximum atomic E-state index is 8.94. The van der Waals surface area contributed by atoms with E-state index in [0.29, 0.717) is 15.6 Å². The third-order valence-electron chi connectivity index (χ3n) is 2.05. The summed E-state index contributed by atoms with van der Waals surface area (Å²) in [7, 11) is 0. The molecule has 1 aromatic carbocycles. The average Bonchev–Trinajstić information content (AvgIpc) is 2.29. The molecule has 0 amide bonds. The lowest BCUT2D eigenvalue weighted by molar-refractivity contribution is 0.745. The van der Waals surface area contributed by atoms with E-state index in [2.05, 4.69) is 0 Å². The van der Waals surface area contributed by atoms with Crippen LogP contribution in [0.5, 0.6) is 0 Å². The highest BCUT2D eigenvalue weighted by Crippen LogP contribution is 2.29. The smallest absolute Gasteiger partial charge is 0.153 e. The molecular weight excluding hydrogens is 245 g/mol. The van der Waals surface area contributed by atoms with Gasteiger partial charge in [0.2, 0.25) is 0 Å². The van der Waals surface area contributed by atoms with Crippen LogP contribution in [0.3, 0.4) is 0 Å². The van der Waals surface area contributed by atoms with Crippen molar-refractivity contribution < 1.29 is 0 Å². The van der Waals surface area contributed by atoms with Gasteiger partial charge in [-0.05, 0) is 17.7 Å². The highest BCUT2D eigenvalue weighted by atomic mass is 35.5. The molecule has 0 spiro atoms. The van der Waals surface area contributed by atoms with Gasteiger partial charge >= 0.3 is 0 Å². The van der Waals surface area contributed by atoms with Crippen molar-refractivity contribution >= 4 is 23.2 Å². The van der Waals surface area contributed by atoms with Crippen LogP contribution in [-0.4, -0.2) is 0 Å². The molecule has 0 heterocycles. The van der Waals surface area contributed by atoms with Gasteiger partial charge in [-0.2, -0.15) is 15.8 Å². The van der Waals surface area contributed by atoms with Gasteiger partial charge < -0.3 is 0 Å². The average molecular weight is 250 g/mol. The third kappa shape index (κ3) is 2.44. The fraction of sp³-hybridized carbons (Fsp3) is 0.182. The highest BCUT2D eigenvalue weighted by molar-refractivity contribution is 6.42. The van der Waals surface area contributed by atoms with Gasteiger partial charge in [0, 0.05) is 0 Å². The number of benzene rings is 1. The van der Waals surface area contributed by atoms with E-state index in [9.17, 15) is 0 Å². The first-order valence-electron chi connectivity index (χ1n) is 4.27. The second-order valence-electron chi connectivity index (χ2n) is 3.02. The maximum Gasteiger partial charge on any atom is 0.153 e. The summed E-state index contributed by atoms with van der Waals surface area (Å²) in [5.74, 6) is -1.83. The Morgan fingerprint density at radius 1 is 0.938 bits per heavy atom. The Bertz CT molecular complexity index is 506. The van der Waals surface area contributed by atoms with Crippen LogP contribution in [0.2, 0.25) is 10.0 Å². The second kappa shape index (κ2) is 5.38. The molecule has 0 radical (unpaired) electrons. The van der Waals surface area contributed by atoms with Crippen molar-refractivity contribution in [2.24, 2.45) is 5.92 Å². The molecule has 3 nitrogen and oxygen atoms in total. The van der Waals surface area contributed by atoms with Crippen molar-refractivity contribution in [2.45, 2.75) is 5.92 Å². The predicted molar refractivity (Wildman–Crippen MR) is 59.5 cm³/mol. The van der Waals surface area contributed by atoms with Crippen LogP contribution in [0.4, 0.5) is 0 Å². The first-order valence-corrected chi connectivity index (χ1v) is 5.03. The largest absolute Gasteiger partial charge is 0.198 e. The maximum absolute atomic E-state index is 8.94. The van der Waals surface area contributed by atoms with Gasteiger partial charge in [-0.25, -0.2) is 0 Å². The molecule has 0 aliphatic heterocycles. The topological polar surface area (TPSA) is 71.4 Å². The van der Waals surface area contributed by atoms with E-state index in [1.807, 2.05) is 6.07 Å². The van der Waals surface area contributed by atoms with Gasteiger partial charge in [-0.15, -0.1) is 0 Å². The SMILES string of the molecule is N#CC(C#N)C(C#N)c1ccc(Cl)c(Cl)c1. The fourth-order valence-electron chi connectivity index (χ4n) is 1.23. The molecular formula is C11H5Cl2N3. The number of rotatable bonds is 2. The van der Waals surface area contributed by atoms with Crippen LogP contribution in [0.25, 0.3) is 0 Å². The quantitative estimate of drug-likeness (QED) is 0.808. The molecule has 0 aromatic heterocycles. The molecule has 0 saturated heterocycles. The van der Waals surface area contributed by atoms with Gasteiger partial charge in [0.1, 0.15) is 5.92 Å². The summed E-state index contributed by atoms with van der Waals surface area (Å²) >= 11 is 11.5. The third-order valence-corrected chi connectivity index (χ3v) is 2.79. The molecule has 78 valence electrons. The molecule has 0 aliphatic rings. The number of hydrogen-bond donors (Lipinski definition) is 0. The Balaban J connectivity index is 3.17. The van der Waals surface area contributed by atoms with Crippen molar-refractivity contribution in [1.82, 2.24) is 0 Å². The summed E-state index contributed by atoms with van der Waals surface area (Å²) in [6.45, 7) is 0. The molecule has 1 unspecified atom stereocenters. The van der Waals surface area contributed by atoms with E-state index < -0.39 is 11.8 Å². The van der Waals surface area contributed by atoms with Crippen LogP contribution in [0.15, 0.2) is 18.2 Å². The van der Waals surface area contributed by atoms with Gasteiger partial charge in [-0.3, -0.25) is 0 Å². The van der Waals surface area contributed by atoms with Crippen LogP contribution in [-0.2, 0) is 0 Å². The van der Waals surface area contributed by atoms with Crippen LogP contribution < -0.4 is 0 Å². The van der Waals surface area contributed by atoms with E-state index in [1.54, 1.807) is 18.2 Å². The van der Waals surface area contributed by atoms with Gasteiger partial charge in [0.05, 0.1) is 28.3 Å². The van der Waals surface area contributed by atoms with E-state index >= 15 is 0 Å². The molecule has 5 heteroatoms. The fourth-order valence-corrected chi connectivity index (χ4v) is 1.53. The van der Waals surface area contributed by atoms with E-state index in [4.69, 9.17) is 39.0 Å². The highest BCUT2D eigenvalue weighted by Gasteiger charge is 2.23. The van der Waals surface area contributed by atoms with Crippen molar-refractivity contribution in [3.05, 3.63) is 33.8 Å². The van der Waals surface area contributed by atoms with Gasteiger partial charge in [-0.1, -0.05) is 29.3 Å². The summed E-state index contributed by atoms with van der Waals surface area (Å²) in [6, 6.07) is 10.1. The van der Waals surface area contributed by atoms with Crippen molar-refractivity contribution in [1.29, 1.82) is 15.8 Å². The Morgan fingerprint density at radius 2 is 1.56 bits per heavy atom. The molecule has 16 heavy (non-hydrogen) atoms. The Morgan fingerprint density at radius 3 is 2.00 bits per heavy atom. The Hall–Kier alpha value is -1.73. The molecule has 0 bridgehead atoms. The molecule has 1 rings (SSSR count). The summed E-state index contributed by atoms with van der Waals surface area (Å²) < 4.78 is 0. The molecule has 0 aliphatic carbocycles. The minimum Gasteiger partial charge on any atom is -0.198 e. The zero-order chi connectivity index (χ0) is 12.1. The normalized spacial score (nSPS) is 11.2. The van der Waals surface area contributed by atoms with Crippen LogP contribution in [0.1, 0.15) is 11.5 Å². The van der Waals surface area contributed by atoms with E-state index in [0.717, 1.165) is 0 Å². The zero-order valence-corrected chi connectivity index (χ0v) is 9.50. The minimum absolute atomic E-state index is 0.300. The van der Waals surface area contributed by atoms with Crippen molar-refractivity contribution in [3.63, 3.8) is 0 Å². The van der Waals surface area contributed by atoms with Gasteiger partial charge in [0.15, 0.2) is 5.92 Å². The summed E-state index contributed by atoms with van der Waals surface area (Å²) in [5.41, 5.74) is 0.519. The number of nitrogens with zero attached hydrogens (tertiary/aromatic N) is 3. The van der Waals surface area contributed by atoms with Gasteiger partial charge in [0.25, 0.3) is 0 Å². The van der Waals surface area contributed by atoms with Crippen LogP contribution >= 0.6 is 23.2 Å². The number of nitriles is 3. The van der Waals surface area contributed by atoms with Crippen molar-refractivity contribution in [3.8, 4) is 18.2 Å². The number of hydrogen-bond acceptors (Lipinski definition) is 3. The summed E-state index contributed by atoms with van der Waals surface area (Å²) in [5, 5.41) is 27.1. The molecule has 0 fully saturated rings. The molecule has 1 aromatic rings. The standard InChI is InChI=1S/C11H5Cl2N3/c12-10-2-1-7(3-11(10)13)9(6-16)8(4-14)5-15/h1-3,8-9H. The predicted octanol–water partition coefficient (Wildman–Crippen LogP) is 3.26. The lowest BCUT2D eigenvalue weighted by Gasteiger charge is -2.09. The Labute approximate surface area is 103 Å². The van der Waals surface area contributed by atoms with Crippen molar-refractivity contribution in [2.75, 3.05) is 0 Å². The molecule has 1 atom stereocenters. The lowest BCUT2D eigenvalue weighted by atomic mass is 9.89. The molecule has 0 saturated carbocycles. The molecule has 0 N–H and O–H groups in total. The minimum atomic E-state index is -1.01. The van der Waals surface area contributed by atoms with Crippen LogP contribution in [0, 0.1) is 39.9 Å². The zero-order valence-electron chi connectivity index (χ0n) is 7.98.